The van der Waals surface area contributed by atoms with Crippen molar-refractivity contribution in [1.82, 2.24) is 10.2 Å². The highest BCUT2D eigenvalue weighted by Crippen LogP contribution is 2.28. The molecule has 2 N–H and O–H groups in total. The summed E-state index contributed by atoms with van der Waals surface area (Å²) >= 11 is 0. The number of rotatable bonds is 5. The van der Waals surface area contributed by atoms with E-state index in [0.29, 0.717) is 12.0 Å². The lowest BCUT2D eigenvalue weighted by atomic mass is 9.87. The molecule has 1 saturated carbocycles. The number of aliphatic hydroxyl groups excluding tert-OH is 1. The van der Waals surface area contributed by atoms with Crippen LogP contribution in [-0.2, 0) is 0 Å². The van der Waals surface area contributed by atoms with Crippen LogP contribution in [0.4, 0.5) is 0 Å². The van der Waals surface area contributed by atoms with E-state index in [9.17, 15) is 5.11 Å². The Labute approximate surface area is 128 Å². The molecule has 3 nitrogen and oxygen atoms in total. The van der Waals surface area contributed by atoms with Crippen molar-refractivity contribution in [3.8, 4) is 0 Å². The molecule has 0 amide bonds. The Kier molecular flexibility index (Phi) is 5.28. The summed E-state index contributed by atoms with van der Waals surface area (Å²) in [7, 11) is 0. The second kappa shape index (κ2) is 7.39. The lowest BCUT2D eigenvalue weighted by Crippen LogP contribution is -2.51. The normalized spacial score (nSPS) is 28.0. The number of nitrogens with one attached hydrogen (secondary N) is 1. The zero-order valence-electron chi connectivity index (χ0n) is 12.9. The van der Waals surface area contributed by atoms with Gasteiger partial charge in [-0.2, -0.15) is 0 Å². The van der Waals surface area contributed by atoms with Gasteiger partial charge in [0.2, 0.25) is 0 Å². The number of hydrogen-bond acceptors (Lipinski definition) is 3. The maximum atomic E-state index is 9.28. The highest BCUT2D eigenvalue weighted by Gasteiger charge is 2.29. The summed E-state index contributed by atoms with van der Waals surface area (Å²) in [6, 6.07) is 12.2. The van der Waals surface area contributed by atoms with E-state index in [-0.39, 0.29) is 6.61 Å². The molecule has 2 unspecified atom stereocenters. The van der Waals surface area contributed by atoms with E-state index in [1.165, 1.54) is 37.7 Å². The molecule has 1 aromatic rings. The average molecular weight is 288 g/mol. The van der Waals surface area contributed by atoms with Crippen LogP contribution in [0.2, 0.25) is 0 Å². The molecule has 1 saturated heterocycles. The molecule has 3 heteroatoms. The minimum Gasteiger partial charge on any atom is -0.395 e. The summed E-state index contributed by atoms with van der Waals surface area (Å²) in [5.74, 6) is 0.588. The van der Waals surface area contributed by atoms with Crippen LogP contribution in [-0.4, -0.2) is 48.3 Å². The van der Waals surface area contributed by atoms with Crippen LogP contribution < -0.4 is 5.32 Å². The minimum absolute atomic E-state index is 0.262. The maximum Gasteiger partial charge on any atom is 0.0558 e. The van der Waals surface area contributed by atoms with Gasteiger partial charge in [0.1, 0.15) is 0 Å². The molecule has 116 valence electrons. The summed E-state index contributed by atoms with van der Waals surface area (Å²) in [6.45, 7) is 3.22. The van der Waals surface area contributed by atoms with Crippen molar-refractivity contribution >= 4 is 0 Å². The van der Waals surface area contributed by atoms with E-state index in [1.807, 2.05) is 0 Å². The second-order valence-electron chi connectivity index (χ2n) is 6.67. The molecule has 0 aromatic heterocycles. The number of piperidine rings is 1. The minimum atomic E-state index is 0.262. The van der Waals surface area contributed by atoms with Gasteiger partial charge >= 0.3 is 0 Å². The van der Waals surface area contributed by atoms with Crippen molar-refractivity contribution < 1.29 is 5.11 Å². The summed E-state index contributed by atoms with van der Waals surface area (Å²) in [5.41, 5.74) is 1.44. The van der Waals surface area contributed by atoms with Crippen molar-refractivity contribution in [2.75, 3.05) is 26.2 Å². The Hall–Kier alpha value is -0.900. The molecule has 1 aromatic carbocycles. The lowest BCUT2D eigenvalue weighted by molar-refractivity contribution is 0.134. The van der Waals surface area contributed by atoms with Gasteiger partial charge in [-0.25, -0.2) is 0 Å². The summed E-state index contributed by atoms with van der Waals surface area (Å²) in [4.78, 5) is 2.42. The fourth-order valence-corrected chi connectivity index (χ4v) is 4.03. The third-order valence-electron chi connectivity index (χ3n) is 5.04. The Bertz CT molecular complexity index is 416. The average Bonchev–Trinajstić information content (AvgIpc) is 3.01. The third kappa shape index (κ3) is 4.06. The fraction of sp³-hybridized carbons (Fsp3) is 0.667. The predicted octanol–water partition coefficient (Wildman–Crippen LogP) is 2.37. The SMILES string of the molecule is OCCN1CC(NC2CCCC2)CC(c2ccccc2)C1. The van der Waals surface area contributed by atoms with Gasteiger partial charge in [0.25, 0.3) is 0 Å². The zero-order chi connectivity index (χ0) is 14.5. The first-order valence-corrected chi connectivity index (χ1v) is 8.49. The van der Waals surface area contributed by atoms with Crippen molar-refractivity contribution in [1.29, 1.82) is 0 Å². The molecule has 21 heavy (non-hydrogen) atoms. The van der Waals surface area contributed by atoms with Crippen molar-refractivity contribution in [3.05, 3.63) is 35.9 Å². The largest absolute Gasteiger partial charge is 0.395 e. The third-order valence-corrected chi connectivity index (χ3v) is 5.04. The summed E-state index contributed by atoms with van der Waals surface area (Å²) in [5, 5.41) is 13.2. The van der Waals surface area contributed by atoms with E-state index < -0.39 is 0 Å². The van der Waals surface area contributed by atoms with Crippen LogP contribution in [0.15, 0.2) is 30.3 Å². The highest BCUT2D eigenvalue weighted by molar-refractivity contribution is 5.21. The Morgan fingerprint density at radius 1 is 1.05 bits per heavy atom. The Balaban J connectivity index is 1.65. The van der Waals surface area contributed by atoms with Gasteiger partial charge in [0.15, 0.2) is 0 Å². The fourth-order valence-electron chi connectivity index (χ4n) is 4.03. The molecule has 0 radical (unpaired) electrons. The van der Waals surface area contributed by atoms with Gasteiger partial charge in [-0.05, 0) is 30.7 Å². The van der Waals surface area contributed by atoms with Crippen LogP contribution in [0.5, 0.6) is 0 Å². The standard InChI is InChI=1S/C18H28N2O/c21-11-10-20-13-16(15-6-2-1-3-7-15)12-18(14-20)19-17-8-4-5-9-17/h1-3,6-7,16-19,21H,4-5,8-14H2. The van der Waals surface area contributed by atoms with Gasteiger partial charge < -0.3 is 10.4 Å². The van der Waals surface area contributed by atoms with Crippen LogP contribution in [0, 0.1) is 0 Å². The molecule has 2 fully saturated rings. The molecule has 1 aliphatic heterocycles. The Morgan fingerprint density at radius 2 is 1.81 bits per heavy atom. The van der Waals surface area contributed by atoms with E-state index in [4.69, 9.17) is 0 Å². The van der Waals surface area contributed by atoms with Crippen LogP contribution >= 0.6 is 0 Å². The quantitative estimate of drug-likeness (QED) is 0.873. The lowest BCUT2D eigenvalue weighted by Gasteiger charge is -2.39. The van der Waals surface area contributed by atoms with Gasteiger partial charge in [0, 0.05) is 31.7 Å². The number of benzene rings is 1. The van der Waals surface area contributed by atoms with E-state index in [1.54, 1.807) is 0 Å². The molecule has 0 spiro atoms. The number of β-amino-alcohol motifs (C(OH)–C–C–N with tert-alkyl or cyclic N) is 1. The molecular weight excluding hydrogens is 260 g/mol. The summed E-state index contributed by atoms with van der Waals surface area (Å²) in [6.07, 6.45) is 6.67. The van der Waals surface area contributed by atoms with Gasteiger partial charge in [-0.1, -0.05) is 43.2 Å². The summed E-state index contributed by atoms with van der Waals surface area (Å²) < 4.78 is 0. The van der Waals surface area contributed by atoms with Gasteiger partial charge in [-0.3, -0.25) is 4.90 Å². The molecule has 1 aliphatic carbocycles. The Morgan fingerprint density at radius 3 is 2.52 bits per heavy atom. The molecule has 0 bridgehead atoms. The molecule has 1 heterocycles. The first-order valence-electron chi connectivity index (χ1n) is 8.49. The van der Waals surface area contributed by atoms with Crippen LogP contribution in [0.1, 0.15) is 43.6 Å². The van der Waals surface area contributed by atoms with Crippen molar-refractivity contribution in [3.63, 3.8) is 0 Å². The molecule has 2 atom stereocenters. The second-order valence-corrected chi connectivity index (χ2v) is 6.67. The number of aliphatic hydroxyl groups is 1. The van der Waals surface area contributed by atoms with E-state index >= 15 is 0 Å². The van der Waals surface area contributed by atoms with Gasteiger partial charge in [-0.15, -0.1) is 0 Å². The molecular formula is C18H28N2O. The highest BCUT2D eigenvalue weighted by atomic mass is 16.3. The number of nitrogens with zero attached hydrogens (tertiary/aromatic N) is 1. The van der Waals surface area contributed by atoms with Crippen LogP contribution in [0.25, 0.3) is 0 Å². The van der Waals surface area contributed by atoms with Crippen LogP contribution in [0.3, 0.4) is 0 Å². The van der Waals surface area contributed by atoms with Gasteiger partial charge in [0.05, 0.1) is 6.61 Å². The number of likely N-dealkylation sites (tertiary alicyclic amines) is 1. The number of hydrogen-bond donors (Lipinski definition) is 2. The van der Waals surface area contributed by atoms with E-state index in [0.717, 1.165) is 25.7 Å². The predicted molar refractivity (Wildman–Crippen MR) is 86.5 cm³/mol. The first-order chi connectivity index (χ1) is 10.3. The topological polar surface area (TPSA) is 35.5 Å². The molecule has 2 aliphatic rings. The monoisotopic (exact) mass is 288 g/mol. The van der Waals surface area contributed by atoms with E-state index in [2.05, 4.69) is 40.5 Å². The maximum absolute atomic E-state index is 9.28. The molecule has 3 rings (SSSR count). The van der Waals surface area contributed by atoms with Crippen molar-refractivity contribution in [2.24, 2.45) is 0 Å². The zero-order valence-corrected chi connectivity index (χ0v) is 12.9. The smallest absolute Gasteiger partial charge is 0.0558 e. The van der Waals surface area contributed by atoms with Crippen molar-refractivity contribution in [2.45, 2.75) is 50.1 Å². The first kappa shape index (κ1) is 15.0.